The van der Waals surface area contributed by atoms with Crippen LogP contribution in [0.25, 0.3) is 0 Å². The predicted molar refractivity (Wildman–Crippen MR) is 38.9 cm³/mol. The van der Waals surface area contributed by atoms with Crippen LogP contribution in [0.2, 0.25) is 0 Å². The van der Waals surface area contributed by atoms with E-state index in [1.165, 1.54) is 5.69 Å². The van der Waals surface area contributed by atoms with E-state index < -0.39 is 0 Å². The maximum absolute atomic E-state index is 3.87. The molecule has 0 aliphatic heterocycles. The molecule has 0 saturated carbocycles. The molecule has 9 heavy (non-hydrogen) atoms. The van der Waals surface area contributed by atoms with Crippen molar-refractivity contribution < 1.29 is 0 Å². The monoisotopic (exact) mass is 122 g/mol. The Morgan fingerprint density at radius 1 is 1.78 bits per heavy atom. The number of rotatable bonds is 2. The van der Waals surface area contributed by atoms with E-state index in [-0.39, 0.29) is 0 Å². The van der Waals surface area contributed by atoms with Crippen molar-refractivity contribution in [1.29, 1.82) is 0 Å². The molecule has 0 atom stereocenters. The summed E-state index contributed by atoms with van der Waals surface area (Å²) in [4.78, 5) is 6.95. The third kappa shape index (κ3) is 1.72. The van der Waals surface area contributed by atoms with Gasteiger partial charge in [0, 0.05) is 31.6 Å². The number of nitrogens with one attached hydrogen (secondary N) is 1. The molecule has 0 aromatic carbocycles. The Morgan fingerprint density at radius 3 is 3.22 bits per heavy atom. The summed E-state index contributed by atoms with van der Waals surface area (Å²) in [6.45, 7) is 0. The van der Waals surface area contributed by atoms with Crippen molar-refractivity contribution in [3.05, 3.63) is 24.0 Å². The van der Waals surface area contributed by atoms with Crippen molar-refractivity contribution >= 4 is 6.21 Å². The van der Waals surface area contributed by atoms with Gasteiger partial charge < -0.3 is 9.98 Å². The fourth-order valence-electron chi connectivity index (χ4n) is 0.684. The SMILES string of the molecule is CN=CCc1ccc[nH]1. The molecule has 0 saturated heterocycles. The zero-order valence-corrected chi connectivity index (χ0v) is 5.46. The minimum Gasteiger partial charge on any atom is -0.365 e. The Labute approximate surface area is 54.6 Å². The van der Waals surface area contributed by atoms with Gasteiger partial charge in [-0.2, -0.15) is 0 Å². The van der Waals surface area contributed by atoms with Gasteiger partial charge in [-0.15, -0.1) is 0 Å². The number of aromatic amines is 1. The molecule has 0 bridgehead atoms. The average molecular weight is 122 g/mol. The summed E-state index contributed by atoms with van der Waals surface area (Å²) < 4.78 is 0. The molecule has 2 nitrogen and oxygen atoms in total. The van der Waals surface area contributed by atoms with Gasteiger partial charge >= 0.3 is 0 Å². The second-order valence-corrected chi connectivity index (χ2v) is 1.84. The van der Waals surface area contributed by atoms with Crippen LogP contribution < -0.4 is 0 Å². The summed E-state index contributed by atoms with van der Waals surface area (Å²) in [6.07, 6.45) is 4.70. The lowest BCUT2D eigenvalue weighted by Gasteiger charge is -1.84. The van der Waals surface area contributed by atoms with Gasteiger partial charge in [0.1, 0.15) is 0 Å². The molecule has 1 aromatic heterocycles. The lowest BCUT2D eigenvalue weighted by atomic mass is 10.3. The minimum atomic E-state index is 0.906. The zero-order chi connectivity index (χ0) is 6.53. The summed E-state index contributed by atoms with van der Waals surface area (Å²) in [7, 11) is 1.78. The zero-order valence-electron chi connectivity index (χ0n) is 5.46. The molecule has 0 aliphatic carbocycles. The second kappa shape index (κ2) is 3.07. The highest BCUT2D eigenvalue weighted by Gasteiger charge is 1.84. The van der Waals surface area contributed by atoms with Crippen LogP contribution in [-0.2, 0) is 6.42 Å². The Balaban J connectivity index is 2.48. The first-order valence-corrected chi connectivity index (χ1v) is 2.96. The van der Waals surface area contributed by atoms with Crippen LogP contribution in [0.5, 0.6) is 0 Å². The Hall–Kier alpha value is -1.05. The number of H-pyrrole nitrogens is 1. The average Bonchev–Trinajstić information content (AvgIpc) is 2.34. The van der Waals surface area contributed by atoms with Gasteiger partial charge in [-0.1, -0.05) is 0 Å². The van der Waals surface area contributed by atoms with E-state index in [9.17, 15) is 0 Å². The van der Waals surface area contributed by atoms with Gasteiger partial charge in [-0.05, 0) is 12.1 Å². The standard InChI is InChI=1S/C7H10N2/c1-8-6-4-7-3-2-5-9-7/h2-3,5-6,9H,4H2,1H3. The summed E-state index contributed by atoms with van der Waals surface area (Å²) in [5.74, 6) is 0. The van der Waals surface area contributed by atoms with E-state index in [2.05, 4.69) is 9.98 Å². The van der Waals surface area contributed by atoms with E-state index in [0.717, 1.165) is 6.42 Å². The summed E-state index contributed by atoms with van der Waals surface area (Å²) in [5, 5.41) is 0. The lowest BCUT2D eigenvalue weighted by molar-refractivity contribution is 1.20. The fourth-order valence-corrected chi connectivity index (χ4v) is 0.684. The van der Waals surface area contributed by atoms with E-state index in [4.69, 9.17) is 0 Å². The number of aromatic nitrogens is 1. The van der Waals surface area contributed by atoms with E-state index in [1.54, 1.807) is 7.05 Å². The Bertz CT molecular complexity index is 175. The predicted octanol–water partition coefficient (Wildman–Crippen LogP) is 1.26. The Morgan fingerprint density at radius 2 is 2.67 bits per heavy atom. The van der Waals surface area contributed by atoms with E-state index in [1.807, 2.05) is 24.5 Å². The topological polar surface area (TPSA) is 28.1 Å². The first kappa shape index (κ1) is 6.08. The Kier molecular flexibility index (Phi) is 2.07. The molecule has 0 fully saturated rings. The minimum absolute atomic E-state index is 0.906. The van der Waals surface area contributed by atoms with Gasteiger partial charge in [0.05, 0.1) is 0 Å². The van der Waals surface area contributed by atoms with E-state index in [0.29, 0.717) is 0 Å². The maximum atomic E-state index is 3.87. The van der Waals surface area contributed by atoms with Crippen molar-refractivity contribution in [2.24, 2.45) is 4.99 Å². The van der Waals surface area contributed by atoms with Crippen LogP contribution in [0, 0.1) is 0 Å². The molecule has 2 heteroatoms. The van der Waals surface area contributed by atoms with Gasteiger partial charge in [-0.25, -0.2) is 0 Å². The normalized spacial score (nSPS) is 10.8. The molecule has 0 radical (unpaired) electrons. The highest BCUT2D eigenvalue weighted by atomic mass is 14.7. The van der Waals surface area contributed by atoms with Crippen molar-refractivity contribution in [1.82, 2.24) is 4.98 Å². The largest absolute Gasteiger partial charge is 0.365 e. The smallest absolute Gasteiger partial charge is 0.0273 e. The molecule has 0 spiro atoms. The number of nitrogens with zero attached hydrogens (tertiary/aromatic N) is 1. The van der Waals surface area contributed by atoms with Crippen molar-refractivity contribution in [2.45, 2.75) is 6.42 Å². The van der Waals surface area contributed by atoms with Crippen LogP contribution in [0.4, 0.5) is 0 Å². The molecule has 1 N–H and O–H groups in total. The number of hydrogen-bond acceptors (Lipinski definition) is 1. The quantitative estimate of drug-likeness (QED) is 0.572. The van der Waals surface area contributed by atoms with Gasteiger partial charge in [0.25, 0.3) is 0 Å². The highest BCUT2D eigenvalue weighted by molar-refractivity contribution is 5.60. The van der Waals surface area contributed by atoms with Crippen LogP contribution in [0.3, 0.4) is 0 Å². The van der Waals surface area contributed by atoms with Crippen LogP contribution in [0.15, 0.2) is 23.3 Å². The summed E-state index contributed by atoms with van der Waals surface area (Å²) >= 11 is 0. The summed E-state index contributed by atoms with van der Waals surface area (Å²) in [6, 6.07) is 4.03. The molecular formula is C7H10N2. The maximum Gasteiger partial charge on any atom is 0.0273 e. The number of hydrogen-bond donors (Lipinski definition) is 1. The number of aliphatic imine (C=N–C) groups is 1. The van der Waals surface area contributed by atoms with Gasteiger partial charge in [-0.3, -0.25) is 0 Å². The van der Waals surface area contributed by atoms with Gasteiger partial charge in [0.15, 0.2) is 0 Å². The van der Waals surface area contributed by atoms with Crippen LogP contribution in [0.1, 0.15) is 5.69 Å². The molecule has 0 unspecified atom stereocenters. The second-order valence-electron chi connectivity index (χ2n) is 1.84. The molecule has 0 amide bonds. The first-order valence-electron chi connectivity index (χ1n) is 2.96. The lowest BCUT2D eigenvalue weighted by Crippen LogP contribution is -1.83. The third-order valence-corrected chi connectivity index (χ3v) is 1.16. The molecule has 1 rings (SSSR count). The first-order chi connectivity index (χ1) is 4.43. The molecule has 0 aliphatic rings. The molecular weight excluding hydrogens is 112 g/mol. The molecule has 1 heterocycles. The van der Waals surface area contributed by atoms with Crippen molar-refractivity contribution in [2.75, 3.05) is 7.05 Å². The van der Waals surface area contributed by atoms with E-state index >= 15 is 0 Å². The van der Waals surface area contributed by atoms with Crippen molar-refractivity contribution in [3.8, 4) is 0 Å². The highest BCUT2D eigenvalue weighted by Crippen LogP contribution is 1.92. The summed E-state index contributed by atoms with van der Waals surface area (Å²) in [5.41, 5.74) is 1.21. The van der Waals surface area contributed by atoms with Crippen LogP contribution in [-0.4, -0.2) is 18.2 Å². The van der Waals surface area contributed by atoms with Crippen LogP contribution >= 0.6 is 0 Å². The van der Waals surface area contributed by atoms with Crippen molar-refractivity contribution in [3.63, 3.8) is 0 Å². The molecule has 48 valence electrons. The third-order valence-electron chi connectivity index (χ3n) is 1.16. The molecule has 1 aromatic rings. The fraction of sp³-hybridized carbons (Fsp3) is 0.286. The van der Waals surface area contributed by atoms with Gasteiger partial charge in [0.2, 0.25) is 0 Å².